The number of nitro benzene ring substituents is 1. The first kappa shape index (κ1) is 27.5. The third-order valence-corrected chi connectivity index (χ3v) is 5.31. The average molecular weight is 523 g/mol. The van der Waals surface area contributed by atoms with Crippen molar-refractivity contribution in [3.05, 3.63) is 81.4 Å². The lowest BCUT2D eigenvalue weighted by atomic mass is 10.1. The lowest BCUT2D eigenvalue weighted by molar-refractivity contribution is -0.385. The number of nitrogens with one attached hydrogen (secondary N) is 2. The van der Waals surface area contributed by atoms with Crippen LogP contribution in [0.4, 0.5) is 11.4 Å². The summed E-state index contributed by atoms with van der Waals surface area (Å²) in [4.78, 5) is 35.0. The normalized spacial score (nSPS) is 10.5. The van der Waals surface area contributed by atoms with E-state index in [0.29, 0.717) is 45.4 Å². The van der Waals surface area contributed by atoms with Crippen LogP contribution in [0, 0.1) is 17.0 Å². The second-order valence-electron chi connectivity index (χ2n) is 7.78. The van der Waals surface area contributed by atoms with Crippen molar-refractivity contribution in [2.45, 2.75) is 13.5 Å². The number of carbonyl (C=O) groups excluding carboxylic acids is 2. The SMILES string of the molecule is COc1ccc(NC(=O)C(=O)NN=Cc2ccc(OC)c(COc3ccc([N+](=O)[O-])c(C)c3)c2)c(OC)c1. The van der Waals surface area contributed by atoms with Crippen molar-refractivity contribution in [3.8, 4) is 23.0 Å². The first-order valence-electron chi connectivity index (χ1n) is 11.2. The maximum Gasteiger partial charge on any atom is 0.329 e. The summed E-state index contributed by atoms with van der Waals surface area (Å²) in [6.45, 7) is 1.74. The zero-order chi connectivity index (χ0) is 27.7. The molecule has 198 valence electrons. The van der Waals surface area contributed by atoms with E-state index in [4.69, 9.17) is 18.9 Å². The molecule has 0 spiro atoms. The van der Waals surface area contributed by atoms with Crippen LogP contribution in [0.1, 0.15) is 16.7 Å². The van der Waals surface area contributed by atoms with Crippen LogP contribution in [0.3, 0.4) is 0 Å². The predicted molar refractivity (Wildman–Crippen MR) is 139 cm³/mol. The molecular weight excluding hydrogens is 496 g/mol. The van der Waals surface area contributed by atoms with E-state index >= 15 is 0 Å². The molecule has 12 nitrogen and oxygen atoms in total. The molecule has 0 bridgehead atoms. The Kier molecular flexibility index (Phi) is 9.19. The molecule has 0 fully saturated rings. The molecule has 3 rings (SSSR count). The summed E-state index contributed by atoms with van der Waals surface area (Å²) < 4.78 is 21.5. The van der Waals surface area contributed by atoms with Crippen molar-refractivity contribution in [1.82, 2.24) is 5.43 Å². The summed E-state index contributed by atoms with van der Waals surface area (Å²) >= 11 is 0. The maximum atomic E-state index is 12.3. The average Bonchev–Trinajstić information content (AvgIpc) is 2.91. The lowest BCUT2D eigenvalue weighted by Gasteiger charge is -2.12. The standard InChI is InChI=1S/C26H26N4O8/c1-16-11-20(7-9-22(16)30(33)34)38-15-18-12-17(5-10-23(18)36-3)14-27-29-26(32)25(31)28-21-8-6-19(35-2)13-24(21)37-4/h5-14H,15H2,1-4H3,(H,28,31)(H,29,32). The fourth-order valence-corrected chi connectivity index (χ4v) is 3.37. The fraction of sp³-hybridized carbons (Fsp3) is 0.192. The Bertz CT molecular complexity index is 1370. The van der Waals surface area contributed by atoms with Crippen molar-refractivity contribution in [2.75, 3.05) is 26.6 Å². The van der Waals surface area contributed by atoms with Crippen molar-refractivity contribution in [2.24, 2.45) is 5.10 Å². The first-order valence-corrected chi connectivity index (χ1v) is 11.2. The third kappa shape index (κ3) is 6.97. The van der Waals surface area contributed by atoms with Crippen LogP contribution >= 0.6 is 0 Å². The molecule has 2 amide bonds. The number of hydrogen-bond acceptors (Lipinski definition) is 9. The minimum atomic E-state index is -0.982. The second-order valence-corrected chi connectivity index (χ2v) is 7.78. The number of ether oxygens (including phenoxy) is 4. The van der Waals surface area contributed by atoms with Crippen molar-refractivity contribution in [1.29, 1.82) is 0 Å². The van der Waals surface area contributed by atoms with Crippen LogP contribution in [0.25, 0.3) is 0 Å². The number of nitro groups is 1. The number of carbonyl (C=O) groups is 2. The highest BCUT2D eigenvalue weighted by Gasteiger charge is 2.16. The molecule has 0 radical (unpaired) electrons. The summed E-state index contributed by atoms with van der Waals surface area (Å²) in [5, 5.41) is 17.3. The van der Waals surface area contributed by atoms with Crippen LogP contribution in [0.15, 0.2) is 59.7 Å². The highest BCUT2D eigenvalue weighted by Crippen LogP contribution is 2.29. The summed E-state index contributed by atoms with van der Waals surface area (Å²) in [6.07, 6.45) is 1.36. The monoisotopic (exact) mass is 522 g/mol. The highest BCUT2D eigenvalue weighted by atomic mass is 16.6. The molecule has 3 aromatic carbocycles. The number of benzene rings is 3. The zero-order valence-electron chi connectivity index (χ0n) is 21.1. The van der Waals surface area contributed by atoms with E-state index in [2.05, 4.69) is 15.8 Å². The smallest absolute Gasteiger partial charge is 0.329 e. The van der Waals surface area contributed by atoms with Crippen molar-refractivity contribution in [3.63, 3.8) is 0 Å². The second kappa shape index (κ2) is 12.7. The van der Waals surface area contributed by atoms with Gasteiger partial charge in [-0.2, -0.15) is 5.10 Å². The molecular formula is C26H26N4O8. The Morgan fingerprint density at radius 2 is 1.66 bits per heavy atom. The number of hydrazone groups is 1. The molecule has 0 atom stereocenters. The van der Waals surface area contributed by atoms with Gasteiger partial charge in [0.1, 0.15) is 29.6 Å². The molecule has 0 unspecified atom stereocenters. The number of hydrogen-bond donors (Lipinski definition) is 2. The van der Waals surface area contributed by atoms with Crippen LogP contribution in [0.2, 0.25) is 0 Å². The van der Waals surface area contributed by atoms with Crippen LogP contribution in [-0.4, -0.2) is 44.3 Å². The molecule has 0 saturated carbocycles. The molecule has 0 heterocycles. The Labute approximate surface area is 218 Å². The molecule has 0 saturated heterocycles. The van der Waals surface area contributed by atoms with Gasteiger partial charge in [0.05, 0.1) is 38.2 Å². The zero-order valence-corrected chi connectivity index (χ0v) is 21.1. The van der Waals surface area contributed by atoms with Crippen LogP contribution < -0.4 is 29.7 Å². The van der Waals surface area contributed by atoms with E-state index < -0.39 is 16.7 Å². The van der Waals surface area contributed by atoms with E-state index in [1.54, 1.807) is 49.4 Å². The van der Waals surface area contributed by atoms with Gasteiger partial charge in [0, 0.05) is 23.3 Å². The van der Waals surface area contributed by atoms with Gasteiger partial charge >= 0.3 is 11.8 Å². The Morgan fingerprint density at radius 1 is 0.921 bits per heavy atom. The predicted octanol–water partition coefficient (Wildman–Crippen LogP) is 3.60. The van der Waals surface area contributed by atoms with E-state index in [0.717, 1.165) is 0 Å². The minimum Gasteiger partial charge on any atom is -0.497 e. The lowest BCUT2D eigenvalue weighted by Crippen LogP contribution is -2.32. The molecule has 0 aliphatic heterocycles. The number of amides is 2. The Hall–Kier alpha value is -5.13. The molecule has 0 aromatic heterocycles. The largest absolute Gasteiger partial charge is 0.497 e. The van der Waals surface area contributed by atoms with Crippen LogP contribution in [-0.2, 0) is 16.2 Å². The summed E-state index contributed by atoms with van der Waals surface area (Å²) in [7, 11) is 4.44. The number of methoxy groups -OCH3 is 3. The van der Waals surface area contributed by atoms with Gasteiger partial charge in [-0.15, -0.1) is 0 Å². The summed E-state index contributed by atoms with van der Waals surface area (Å²) in [5.41, 5.74) is 4.22. The third-order valence-electron chi connectivity index (χ3n) is 5.31. The molecule has 0 aliphatic carbocycles. The van der Waals surface area contributed by atoms with E-state index in [-0.39, 0.29) is 12.3 Å². The highest BCUT2D eigenvalue weighted by molar-refractivity contribution is 6.39. The topological polar surface area (TPSA) is 151 Å². The van der Waals surface area contributed by atoms with Gasteiger partial charge in [-0.1, -0.05) is 0 Å². The van der Waals surface area contributed by atoms with Gasteiger partial charge in [0.2, 0.25) is 0 Å². The summed E-state index contributed by atoms with van der Waals surface area (Å²) in [5.74, 6) is -0.0527. The van der Waals surface area contributed by atoms with Gasteiger partial charge in [0.25, 0.3) is 5.69 Å². The molecule has 2 N–H and O–H groups in total. The van der Waals surface area contributed by atoms with Gasteiger partial charge in [-0.25, -0.2) is 5.43 Å². The van der Waals surface area contributed by atoms with Gasteiger partial charge in [0.15, 0.2) is 0 Å². The van der Waals surface area contributed by atoms with Gasteiger partial charge in [-0.3, -0.25) is 19.7 Å². The first-order chi connectivity index (χ1) is 18.2. The number of rotatable bonds is 10. The minimum absolute atomic E-state index is 0.00649. The Morgan fingerprint density at radius 3 is 2.32 bits per heavy atom. The molecule has 3 aromatic rings. The molecule has 0 aliphatic rings. The van der Waals surface area contributed by atoms with E-state index in [9.17, 15) is 19.7 Å². The quantitative estimate of drug-likeness (QED) is 0.177. The maximum absolute atomic E-state index is 12.3. The van der Waals surface area contributed by atoms with E-state index in [1.165, 1.54) is 39.7 Å². The van der Waals surface area contributed by atoms with Crippen molar-refractivity contribution < 1.29 is 33.5 Å². The fourth-order valence-electron chi connectivity index (χ4n) is 3.37. The number of nitrogens with zero attached hydrogens (tertiary/aromatic N) is 2. The molecule has 12 heteroatoms. The number of anilines is 1. The summed E-state index contributed by atoms with van der Waals surface area (Å²) in [6, 6.07) is 14.3. The Balaban J connectivity index is 1.63. The molecule has 38 heavy (non-hydrogen) atoms. The number of aryl methyl sites for hydroxylation is 1. The van der Waals surface area contributed by atoms with Crippen LogP contribution in [0.5, 0.6) is 23.0 Å². The van der Waals surface area contributed by atoms with Crippen molar-refractivity contribution >= 4 is 29.4 Å². The van der Waals surface area contributed by atoms with E-state index in [1.807, 2.05) is 0 Å². The van der Waals surface area contributed by atoms with Gasteiger partial charge < -0.3 is 24.3 Å². The van der Waals surface area contributed by atoms with Gasteiger partial charge in [-0.05, 0) is 55.0 Å².